The summed E-state index contributed by atoms with van der Waals surface area (Å²) in [6, 6.07) is 23.7. The summed E-state index contributed by atoms with van der Waals surface area (Å²) in [6.45, 7) is 1.000. The van der Waals surface area contributed by atoms with Crippen LogP contribution in [0, 0.1) is 0 Å². The number of nitrogen functional groups attached to an aromatic ring is 1. The number of anilines is 1. The number of rotatable bonds is 9. The average Bonchev–Trinajstić information content (AvgIpc) is 3.26. The first-order valence-corrected chi connectivity index (χ1v) is 11.2. The molecule has 0 amide bonds. The SMILES string of the molecule is Nc1ccc(CCSC(CCc2ccc3ccccc3c2)Cn2ccnc2)cc1. The van der Waals surface area contributed by atoms with Gasteiger partial charge in [-0.05, 0) is 59.0 Å². The largest absolute Gasteiger partial charge is 0.399 e. The first-order valence-electron chi connectivity index (χ1n) is 10.2. The molecule has 0 bridgehead atoms. The van der Waals surface area contributed by atoms with Crippen LogP contribution in [0.25, 0.3) is 10.8 Å². The van der Waals surface area contributed by atoms with Gasteiger partial charge in [0.05, 0.1) is 6.33 Å². The molecule has 1 aromatic heterocycles. The Balaban J connectivity index is 1.37. The lowest BCUT2D eigenvalue weighted by atomic mass is 10.0. The van der Waals surface area contributed by atoms with Crippen molar-refractivity contribution >= 4 is 28.2 Å². The standard InChI is InChI=1S/C25H27N3S/c26-24-10-6-20(7-11-24)13-16-29-25(18-28-15-14-27-19-28)12-8-21-5-9-22-3-1-2-4-23(22)17-21/h1-7,9-11,14-15,17,19,25H,8,12-13,16,18,26H2. The molecule has 0 spiro atoms. The molecule has 2 N–H and O–H groups in total. The van der Waals surface area contributed by atoms with Gasteiger partial charge in [0.1, 0.15) is 0 Å². The predicted molar refractivity (Wildman–Crippen MR) is 125 cm³/mol. The summed E-state index contributed by atoms with van der Waals surface area (Å²) in [7, 11) is 0. The third-order valence-electron chi connectivity index (χ3n) is 5.27. The smallest absolute Gasteiger partial charge is 0.0946 e. The number of hydrogen-bond acceptors (Lipinski definition) is 3. The lowest BCUT2D eigenvalue weighted by molar-refractivity contribution is 0.624. The Hall–Kier alpha value is -2.72. The maximum absolute atomic E-state index is 5.79. The van der Waals surface area contributed by atoms with Crippen LogP contribution in [0.4, 0.5) is 5.69 Å². The molecule has 0 aliphatic rings. The number of imidazole rings is 1. The van der Waals surface area contributed by atoms with Crippen molar-refractivity contribution in [3.05, 3.63) is 96.6 Å². The number of fused-ring (bicyclic) bond motifs is 1. The summed E-state index contributed by atoms with van der Waals surface area (Å²) in [4.78, 5) is 4.21. The topological polar surface area (TPSA) is 43.8 Å². The summed E-state index contributed by atoms with van der Waals surface area (Å²) < 4.78 is 2.20. The molecule has 3 aromatic carbocycles. The molecule has 0 fully saturated rings. The summed E-state index contributed by atoms with van der Waals surface area (Å²) in [5.41, 5.74) is 9.39. The lowest BCUT2D eigenvalue weighted by Crippen LogP contribution is -2.14. The van der Waals surface area contributed by atoms with Crippen molar-refractivity contribution in [2.75, 3.05) is 11.5 Å². The molecule has 148 valence electrons. The van der Waals surface area contributed by atoms with Gasteiger partial charge in [-0.3, -0.25) is 0 Å². The molecule has 1 heterocycles. The molecule has 4 aromatic rings. The molecular formula is C25H27N3S. The van der Waals surface area contributed by atoms with Crippen molar-refractivity contribution in [3.63, 3.8) is 0 Å². The van der Waals surface area contributed by atoms with Crippen molar-refractivity contribution in [2.24, 2.45) is 0 Å². The second kappa shape index (κ2) is 9.66. The van der Waals surface area contributed by atoms with E-state index in [2.05, 4.69) is 82.1 Å². The van der Waals surface area contributed by atoms with Gasteiger partial charge < -0.3 is 10.3 Å². The van der Waals surface area contributed by atoms with Crippen LogP contribution in [-0.2, 0) is 19.4 Å². The molecule has 0 saturated carbocycles. The van der Waals surface area contributed by atoms with Crippen LogP contribution in [0.1, 0.15) is 17.5 Å². The summed E-state index contributed by atoms with van der Waals surface area (Å²) in [5.74, 6) is 1.11. The molecule has 1 atom stereocenters. The number of nitrogens with two attached hydrogens (primary N) is 1. The predicted octanol–water partition coefficient (Wildman–Crippen LogP) is 5.60. The second-order valence-corrected chi connectivity index (χ2v) is 8.87. The minimum absolute atomic E-state index is 0.560. The molecule has 0 aliphatic heterocycles. The molecular weight excluding hydrogens is 374 g/mol. The minimum atomic E-state index is 0.560. The fourth-order valence-corrected chi connectivity index (χ4v) is 4.86. The van der Waals surface area contributed by atoms with E-state index in [4.69, 9.17) is 5.73 Å². The van der Waals surface area contributed by atoms with Crippen molar-refractivity contribution < 1.29 is 0 Å². The highest BCUT2D eigenvalue weighted by atomic mass is 32.2. The normalized spacial score (nSPS) is 12.3. The molecule has 1 unspecified atom stereocenters. The zero-order valence-corrected chi connectivity index (χ0v) is 17.4. The number of aryl methyl sites for hydroxylation is 2. The van der Waals surface area contributed by atoms with Crippen LogP contribution in [0.3, 0.4) is 0 Å². The van der Waals surface area contributed by atoms with E-state index in [1.54, 1.807) is 0 Å². The highest BCUT2D eigenvalue weighted by molar-refractivity contribution is 7.99. The first-order chi connectivity index (χ1) is 14.3. The van der Waals surface area contributed by atoms with Gasteiger partial charge in [-0.15, -0.1) is 0 Å². The number of benzene rings is 3. The van der Waals surface area contributed by atoms with E-state index in [-0.39, 0.29) is 0 Å². The van der Waals surface area contributed by atoms with Gasteiger partial charge in [0.25, 0.3) is 0 Å². The minimum Gasteiger partial charge on any atom is -0.399 e. The monoisotopic (exact) mass is 401 g/mol. The Kier molecular flexibility index (Phi) is 6.52. The molecule has 29 heavy (non-hydrogen) atoms. The number of hydrogen-bond donors (Lipinski definition) is 1. The quantitative estimate of drug-likeness (QED) is 0.372. The fraction of sp³-hybridized carbons (Fsp3) is 0.240. The van der Waals surface area contributed by atoms with Gasteiger partial charge in [0, 0.05) is 29.9 Å². The van der Waals surface area contributed by atoms with Gasteiger partial charge in [0.2, 0.25) is 0 Å². The van der Waals surface area contributed by atoms with Crippen molar-refractivity contribution in [2.45, 2.75) is 31.1 Å². The Bertz CT molecular complexity index is 1030. The third-order valence-corrected chi connectivity index (χ3v) is 6.56. The zero-order valence-electron chi connectivity index (χ0n) is 16.6. The number of thioether (sulfide) groups is 1. The highest BCUT2D eigenvalue weighted by Crippen LogP contribution is 2.23. The van der Waals surface area contributed by atoms with Crippen LogP contribution in [0.2, 0.25) is 0 Å². The van der Waals surface area contributed by atoms with E-state index in [1.807, 2.05) is 24.7 Å². The maximum atomic E-state index is 5.79. The van der Waals surface area contributed by atoms with E-state index in [0.717, 1.165) is 37.2 Å². The second-order valence-electron chi connectivity index (χ2n) is 7.46. The van der Waals surface area contributed by atoms with Crippen molar-refractivity contribution in [1.29, 1.82) is 0 Å². The number of aromatic nitrogens is 2. The van der Waals surface area contributed by atoms with E-state index in [0.29, 0.717) is 5.25 Å². The Labute approximate surface area is 177 Å². The van der Waals surface area contributed by atoms with E-state index in [9.17, 15) is 0 Å². The molecule has 4 rings (SSSR count). The van der Waals surface area contributed by atoms with Gasteiger partial charge in [-0.1, -0.05) is 54.6 Å². The third kappa shape index (κ3) is 5.64. The number of nitrogens with zero attached hydrogens (tertiary/aromatic N) is 2. The van der Waals surface area contributed by atoms with Gasteiger partial charge >= 0.3 is 0 Å². The van der Waals surface area contributed by atoms with Crippen LogP contribution in [0.15, 0.2) is 85.5 Å². The molecule has 0 aliphatic carbocycles. The van der Waals surface area contributed by atoms with E-state index >= 15 is 0 Å². The van der Waals surface area contributed by atoms with Crippen molar-refractivity contribution in [3.8, 4) is 0 Å². The summed E-state index contributed by atoms with van der Waals surface area (Å²) >= 11 is 2.06. The first kappa shape index (κ1) is 19.6. The van der Waals surface area contributed by atoms with Gasteiger partial charge in [-0.25, -0.2) is 4.98 Å². The Morgan fingerprint density at radius 2 is 1.69 bits per heavy atom. The fourth-order valence-electron chi connectivity index (χ4n) is 3.61. The maximum Gasteiger partial charge on any atom is 0.0946 e. The van der Waals surface area contributed by atoms with Crippen LogP contribution in [-0.4, -0.2) is 20.6 Å². The molecule has 0 radical (unpaired) electrons. The van der Waals surface area contributed by atoms with Gasteiger partial charge in [0.15, 0.2) is 0 Å². The summed E-state index contributed by atoms with van der Waals surface area (Å²) in [5, 5.41) is 3.20. The highest BCUT2D eigenvalue weighted by Gasteiger charge is 2.11. The van der Waals surface area contributed by atoms with Crippen molar-refractivity contribution in [1.82, 2.24) is 9.55 Å². The van der Waals surface area contributed by atoms with Crippen LogP contribution >= 0.6 is 11.8 Å². The lowest BCUT2D eigenvalue weighted by Gasteiger charge is -2.17. The Morgan fingerprint density at radius 1 is 0.897 bits per heavy atom. The van der Waals surface area contributed by atoms with E-state index in [1.165, 1.54) is 21.9 Å². The molecule has 4 heteroatoms. The zero-order chi connectivity index (χ0) is 19.9. The van der Waals surface area contributed by atoms with Crippen LogP contribution < -0.4 is 5.73 Å². The molecule has 3 nitrogen and oxygen atoms in total. The average molecular weight is 402 g/mol. The summed E-state index contributed by atoms with van der Waals surface area (Å²) in [6.07, 6.45) is 9.16. The Morgan fingerprint density at radius 3 is 2.48 bits per heavy atom. The van der Waals surface area contributed by atoms with E-state index < -0.39 is 0 Å². The van der Waals surface area contributed by atoms with Crippen LogP contribution in [0.5, 0.6) is 0 Å². The molecule has 0 saturated heterocycles. The van der Waals surface area contributed by atoms with Gasteiger partial charge in [-0.2, -0.15) is 11.8 Å².